The number of likely N-dealkylation sites (N-methyl/N-ethyl adjacent to an activating group) is 1. The molecule has 1 N–H and O–H groups in total. The number of nitrogens with zero attached hydrogens (tertiary/aromatic N) is 3. The van der Waals surface area contributed by atoms with Gasteiger partial charge in [-0.05, 0) is 26.8 Å². The zero-order valence-electron chi connectivity index (χ0n) is 11.4. The van der Waals surface area contributed by atoms with Gasteiger partial charge in [0, 0.05) is 19.8 Å². The first-order valence-corrected chi connectivity index (χ1v) is 5.66. The summed E-state index contributed by atoms with van der Waals surface area (Å²) in [4.78, 5) is 24.4. The Hall–Kier alpha value is -1.85. The predicted octanol–water partition coefficient (Wildman–Crippen LogP) is 0.593. The van der Waals surface area contributed by atoms with Gasteiger partial charge in [-0.1, -0.05) is 0 Å². The number of carbonyl (C=O) groups excluding carboxylic acids is 1. The zero-order valence-corrected chi connectivity index (χ0v) is 11.4. The maximum atomic E-state index is 12.0. The van der Waals surface area contributed by atoms with Crippen LogP contribution in [0, 0.1) is 6.92 Å². The number of carbonyl (C=O) groups is 2. The number of amides is 1. The molecule has 0 aromatic carbocycles. The molecule has 0 unspecified atom stereocenters. The van der Waals surface area contributed by atoms with Crippen LogP contribution in [0.15, 0.2) is 6.07 Å². The number of rotatable bonds is 4. The van der Waals surface area contributed by atoms with Crippen LogP contribution in [0.1, 0.15) is 25.2 Å². The van der Waals surface area contributed by atoms with E-state index in [-0.39, 0.29) is 12.3 Å². The highest BCUT2D eigenvalue weighted by molar-refractivity contribution is 5.87. The molecule has 0 saturated carbocycles. The molecule has 6 nitrogen and oxygen atoms in total. The maximum Gasteiger partial charge on any atom is 0.329 e. The average molecular weight is 253 g/mol. The van der Waals surface area contributed by atoms with E-state index in [1.165, 1.54) is 25.8 Å². The predicted molar refractivity (Wildman–Crippen MR) is 66.1 cm³/mol. The molecule has 0 aliphatic carbocycles. The van der Waals surface area contributed by atoms with Crippen molar-refractivity contribution in [1.29, 1.82) is 0 Å². The van der Waals surface area contributed by atoms with Crippen LogP contribution in [-0.4, -0.2) is 44.3 Å². The summed E-state index contributed by atoms with van der Waals surface area (Å²) >= 11 is 0. The molecule has 1 heterocycles. The summed E-state index contributed by atoms with van der Waals surface area (Å²) in [5, 5.41) is 13.2. The van der Waals surface area contributed by atoms with Crippen LogP contribution in [0.3, 0.4) is 0 Å². The average Bonchev–Trinajstić information content (AvgIpc) is 2.55. The summed E-state index contributed by atoms with van der Waals surface area (Å²) < 4.78 is 1.63. The van der Waals surface area contributed by atoms with Gasteiger partial charge in [-0.2, -0.15) is 5.10 Å². The van der Waals surface area contributed by atoms with E-state index < -0.39 is 11.5 Å². The third-order valence-electron chi connectivity index (χ3n) is 3.17. The summed E-state index contributed by atoms with van der Waals surface area (Å²) in [7, 11) is 3.26. The van der Waals surface area contributed by atoms with E-state index in [9.17, 15) is 9.59 Å². The normalized spacial score (nSPS) is 11.4. The molecule has 0 radical (unpaired) electrons. The van der Waals surface area contributed by atoms with Crippen molar-refractivity contribution in [2.24, 2.45) is 7.05 Å². The highest BCUT2D eigenvalue weighted by Crippen LogP contribution is 2.14. The summed E-state index contributed by atoms with van der Waals surface area (Å²) in [5.74, 6) is -1.27. The second-order valence-electron chi connectivity index (χ2n) is 4.89. The van der Waals surface area contributed by atoms with Crippen LogP contribution in [-0.2, 0) is 23.1 Å². The first-order chi connectivity index (χ1) is 8.16. The van der Waals surface area contributed by atoms with Gasteiger partial charge in [0.1, 0.15) is 5.54 Å². The Bertz CT molecular complexity index is 477. The molecule has 100 valence electrons. The number of carboxylic acid groups (broad SMARTS) is 1. The summed E-state index contributed by atoms with van der Waals surface area (Å²) in [6, 6.07) is 1.82. The topological polar surface area (TPSA) is 75.4 Å². The van der Waals surface area contributed by atoms with Crippen molar-refractivity contribution in [3.8, 4) is 0 Å². The molecule has 18 heavy (non-hydrogen) atoms. The zero-order chi connectivity index (χ0) is 14.1. The van der Waals surface area contributed by atoms with Gasteiger partial charge >= 0.3 is 5.97 Å². The smallest absolute Gasteiger partial charge is 0.329 e. The van der Waals surface area contributed by atoms with E-state index in [1.807, 2.05) is 13.0 Å². The third kappa shape index (κ3) is 2.69. The molecule has 0 atom stereocenters. The number of aliphatic carboxylic acids is 1. The molecule has 0 aliphatic rings. The molecular formula is C12H19N3O3. The minimum absolute atomic E-state index is 0.143. The van der Waals surface area contributed by atoms with Crippen LogP contribution in [0.25, 0.3) is 0 Å². The standard InChI is InChI=1S/C12H19N3O3/c1-8-6-9(15(5)13-8)7-10(16)14(4)12(2,3)11(17)18/h6H,7H2,1-5H3,(H,17,18). The lowest BCUT2D eigenvalue weighted by atomic mass is 10.0. The van der Waals surface area contributed by atoms with Crippen molar-refractivity contribution in [3.05, 3.63) is 17.5 Å². The van der Waals surface area contributed by atoms with E-state index in [0.29, 0.717) is 0 Å². The molecule has 0 bridgehead atoms. The van der Waals surface area contributed by atoms with E-state index in [4.69, 9.17) is 5.11 Å². The van der Waals surface area contributed by atoms with Crippen LogP contribution in [0.5, 0.6) is 0 Å². The van der Waals surface area contributed by atoms with Crippen LogP contribution in [0.2, 0.25) is 0 Å². The maximum absolute atomic E-state index is 12.0. The lowest BCUT2D eigenvalue weighted by Crippen LogP contribution is -2.51. The fraction of sp³-hybridized carbons (Fsp3) is 0.583. The summed E-state index contributed by atoms with van der Waals surface area (Å²) in [6.45, 7) is 4.85. The van der Waals surface area contributed by atoms with E-state index in [1.54, 1.807) is 11.7 Å². The fourth-order valence-corrected chi connectivity index (χ4v) is 1.56. The number of aromatic nitrogens is 2. The first-order valence-electron chi connectivity index (χ1n) is 5.66. The molecular weight excluding hydrogens is 234 g/mol. The van der Waals surface area contributed by atoms with Crippen LogP contribution in [0.4, 0.5) is 0 Å². The second-order valence-corrected chi connectivity index (χ2v) is 4.89. The van der Waals surface area contributed by atoms with Gasteiger partial charge in [-0.15, -0.1) is 0 Å². The Morgan fingerprint density at radius 2 is 2.06 bits per heavy atom. The molecule has 0 spiro atoms. The highest BCUT2D eigenvalue weighted by atomic mass is 16.4. The van der Waals surface area contributed by atoms with Crippen molar-refractivity contribution in [1.82, 2.24) is 14.7 Å². The SMILES string of the molecule is Cc1cc(CC(=O)N(C)C(C)(C)C(=O)O)n(C)n1. The molecule has 1 aromatic rings. The number of hydrogen-bond donors (Lipinski definition) is 1. The van der Waals surface area contributed by atoms with E-state index in [2.05, 4.69) is 5.10 Å². The minimum Gasteiger partial charge on any atom is -0.480 e. The van der Waals surface area contributed by atoms with Crippen molar-refractivity contribution in [2.45, 2.75) is 32.7 Å². The van der Waals surface area contributed by atoms with Gasteiger partial charge in [-0.25, -0.2) is 4.79 Å². The number of carboxylic acids is 1. The molecule has 0 fully saturated rings. The van der Waals surface area contributed by atoms with E-state index in [0.717, 1.165) is 11.4 Å². The van der Waals surface area contributed by atoms with Gasteiger partial charge in [0.2, 0.25) is 5.91 Å². The lowest BCUT2D eigenvalue weighted by Gasteiger charge is -2.31. The first kappa shape index (κ1) is 14.2. The molecule has 0 saturated heterocycles. The van der Waals surface area contributed by atoms with Crippen LogP contribution < -0.4 is 0 Å². The molecule has 6 heteroatoms. The quantitative estimate of drug-likeness (QED) is 0.852. The lowest BCUT2D eigenvalue weighted by molar-refractivity contribution is -0.155. The Kier molecular flexibility index (Phi) is 3.79. The number of aryl methyl sites for hydroxylation is 2. The molecule has 1 amide bonds. The Balaban J connectivity index is 2.84. The van der Waals surface area contributed by atoms with Gasteiger partial charge in [0.05, 0.1) is 12.1 Å². The highest BCUT2D eigenvalue weighted by Gasteiger charge is 2.35. The molecule has 1 aromatic heterocycles. The summed E-state index contributed by atoms with van der Waals surface area (Å²) in [5.41, 5.74) is 0.385. The molecule has 0 aliphatic heterocycles. The van der Waals surface area contributed by atoms with Crippen molar-refractivity contribution < 1.29 is 14.7 Å². The van der Waals surface area contributed by atoms with E-state index >= 15 is 0 Å². The van der Waals surface area contributed by atoms with Gasteiger partial charge in [-0.3, -0.25) is 9.48 Å². The van der Waals surface area contributed by atoms with Crippen molar-refractivity contribution >= 4 is 11.9 Å². The Morgan fingerprint density at radius 3 is 2.44 bits per heavy atom. The largest absolute Gasteiger partial charge is 0.480 e. The number of hydrogen-bond acceptors (Lipinski definition) is 3. The van der Waals surface area contributed by atoms with Gasteiger partial charge in [0.15, 0.2) is 0 Å². The van der Waals surface area contributed by atoms with Crippen molar-refractivity contribution in [3.63, 3.8) is 0 Å². The van der Waals surface area contributed by atoms with Crippen molar-refractivity contribution in [2.75, 3.05) is 7.05 Å². The fourth-order valence-electron chi connectivity index (χ4n) is 1.56. The monoisotopic (exact) mass is 253 g/mol. The minimum atomic E-state index is -1.22. The van der Waals surface area contributed by atoms with Gasteiger partial charge < -0.3 is 10.0 Å². The van der Waals surface area contributed by atoms with Gasteiger partial charge in [0.25, 0.3) is 0 Å². The third-order valence-corrected chi connectivity index (χ3v) is 3.17. The summed E-state index contributed by atoms with van der Waals surface area (Å²) in [6.07, 6.45) is 0.143. The Morgan fingerprint density at radius 1 is 1.50 bits per heavy atom. The molecule has 1 rings (SSSR count). The second kappa shape index (κ2) is 4.80. The Labute approximate surface area is 106 Å². The van der Waals surface area contributed by atoms with Crippen LogP contribution >= 0.6 is 0 Å².